The predicted octanol–water partition coefficient (Wildman–Crippen LogP) is 5.36. The maximum atomic E-state index is 6.14. The molecule has 0 bridgehead atoms. The molecular formula is C26H26N4O4. The van der Waals surface area contributed by atoms with E-state index in [-0.39, 0.29) is 6.10 Å². The number of ether oxygens (including phenoxy) is 4. The number of aromatic amines is 1. The molecule has 0 aliphatic carbocycles. The van der Waals surface area contributed by atoms with Crippen molar-refractivity contribution >= 4 is 16.6 Å². The van der Waals surface area contributed by atoms with Crippen LogP contribution in [0.15, 0.2) is 54.9 Å². The molecule has 3 aromatic heterocycles. The first-order valence-corrected chi connectivity index (χ1v) is 11.0. The van der Waals surface area contributed by atoms with Crippen molar-refractivity contribution < 1.29 is 18.9 Å². The Morgan fingerprint density at radius 2 is 1.53 bits per heavy atom. The summed E-state index contributed by atoms with van der Waals surface area (Å²) in [6.07, 6.45) is 3.94. The van der Waals surface area contributed by atoms with Gasteiger partial charge in [0.05, 0.1) is 27.4 Å². The summed E-state index contributed by atoms with van der Waals surface area (Å²) in [5.41, 5.74) is 4.54. The molecule has 1 N–H and O–H groups in total. The quantitative estimate of drug-likeness (QED) is 0.354. The highest BCUT2D eigenvalue weighted by Gasteiger charge is 2.20. The molecule has 174 valence electrons. The van der Waals surface area contributed by atoms with Crippen molar-refractivity contribution in [1.82, 2.24) is 19.6 Å². The van der Waals surface area contributed by atoms with E-state index < -0.39 is 0 Å². The van der Waals surface area contributed by atoms with Crippen LogP contribution in [0.1, 0.15) is 13.8 Å². The lowest BCUT2D eigenvalue weighted by molar-refractivity contribution is 0.244. The van der Waals surface area contributed by atoms with E-state index in [9.17, 15) is 0 Å². The highest BCUT2D eigenvalue weighted by molar-refractivity contribution is 5.85. The number of nitrogens with zero attached hydrogens (tertiary/aromatic N) is 3. The number of benzene rings is 2. The average Bonchev–Trinajstić information content (AvgIpc) is 3.49. The molecule has 5 aromatic rings. The molecule has 5 rings (SSSR count). The van der Waals surface area contributed by atoms with Crippen LogP contribution in [0.25, 0.3) is 39.1 Å². The molecule has 0 spiro atoms. The standard InChI is InChI=1S/C26H26N4O4/c1-15(2)34-23-13-19(16-6-7-20-17(10-16)8-9-27-20)14-30-25(28-29-26(23)30)18-11-21(31-3)24(33-5)22(12-18)32-4/h6-15,27H,1-5H3. The SMILES string of the molecule is COc1cc(-c2nnc3c(OC(C)C)cc(-c4ccc5[nH]ccc5c4)cn23)cc(OC)c1OC. The summed E-state index contributed by atoms with van der Waals surface area (Å²) >= 11 is 0. The third-order valence-electron chi connectivity index (χ3n) is 5.64. The van der Waals surface area contributed by atoms with Gasteiger partial charge in [-0.1, -0.05) is 6.07 Å². The Bertz CT molecular complexity index is 1460. The van der Waals surface area contributed by atoms with Crippen LogP contribution in [0.5, 0.6) is 23.0 Å². The number of methoxy groups -OCH3 is 3. The van der Waals surface area contributed by atoms with E-state index in [1.54, 1.807) is 21.3 Å². The summed E-state index contributed by atoms with van der Waals surface area (Å²) < 4.78 is 24.6. The van der Waals surface area contributed by atoms with Crippen molar-refractivity contribution in [2.24, 2.45) is 0 Å². The van der Waals surface area contributed by atoms with Crippen molar-refractivity contribution in [2.45, 2.75) is 20.0 Å². The van der Waals surface area contributed by atoms with Gasteiger partial charge in [0.25, 0.3) is 0 Å². The second kappa shape index (κ2) is 8.62. The Kier molecular flexibility index (Phi) is 5.49. The smallest absolute Gasteiger partial charge is 0.203 e. The number of pyridine rings is 1. The Hall–Kier alpha value is -4.20. The molecule has 0 unspecified atom stereocenters. The number of hydrogen-bond donors (Lipinski definition) is 1. The first-order valence-electron chi connectivity index (χ1n) is 11.0. The Morgan fingerprint density at radius 1 is 0.794 bits per heavy atom. The summed E-state index contributed by atoms with van der Waals surface area (Å²) in [5.74, 6) is 2.90. The third kappa shape index (κ3) is 3.67. The molecule has 0 amide bonds. The normalized spacial score (nSPS) is 11.4. The topological polar surface area (TPSA) is 82.9 Å². The molecule has 0 aliphatic rings. The van der Waals surface area contributed by atoms with Crippen molar-refractivity contribution in [3.05, 3.63) is 54.9 Å². The Morgan fingerprint density at radius 3 is 2.21 bits per heavy atom. The number of H-pyrrole nitrogens is 1. The number of hydrogen-bond acceptors (Lipinski definition) is 6. The van der Waals surface area contributed by atoms with Crippen molar-refractivity contribution in [3.8, 4) is 45.5 Å². The molecule has 0 radical (unpaired) electrons. The fourth-order valence-corrected chi connectivity index (χ4v) is 4.10. The summed E-state index contributed by atoms with van der Waals surface area (Å²) in [6, 6.07) is 14.1. The number of rotatable bonds is 7. The third-order valence-corrected chi connectivity index (χ3v) is 5.64. The summed E-state index contributed by atoms with van der Waals surface area (Å²) in [5, 5.41) is 10.1. The summed E-state index contributed by atoms with van der Waals surface area (Å²) in [7, 11) is 4.76. The molecule has 2 aromatic carbocycles. The second-order valence-electron chi connectivity index (χ2n) is 8.17. The van der Waals surface area contributed by atoms with E-state index >= 15 is 0 Å². The van der Waals surface area contributed by atoms with Crippen LogP contribution in [0, 0.1) is 0 Å². The summed E-state index contributed by atoms with van der Waals surface area (Å²) in [4.78, 5) is 3.24. The molecule has 0 saturated carbocycles. The maximum absolute atomic E-state index is 6.14. The first-order chi connectivity index (χ1) is 16.5. The predicted molar refractivity (Wildman–Crippen MR) is 131 cm³/mol. The van der Waals surface area contributed by atoms with Gasteiger partial charge in [0.1, 0.15) is 0 Å². The van der Waals surface area contributed by atoms with Crippen LogP contribution in [0.3, 0.4) is 0 Å². The zero-order valence-corrected chi connectivity index (χ0v) is 19.7. The molecule has 34 heavy (non-hydrogen) atoms. The van der Waals surface area contributed by atoms with E-state index in [2.05, 4.69) is 39.4 Å². The Labute approximate surface area is 197 Å². The van der Waals surface area contributed by atoms with Gasteiger partial charge in [-0.25, -0.2) is 0 Å². The van der Waals surface area contributed by atoms with Crippen LogP contribution < -0.4 is 18.9 Å². The monoisotopic (exact) mass is 458 g/mol. The minimum atomic E-state index is -0.0208. The van der Waals surface area contributed by atoms with Crippen molar-refractivity contribution in [1.29, 1.82) is 0 Å². The highest BCUT2D eigenvalue weighted by atomic mass is 16.5. The number of nitrogens with one attached hydrogen (secondary N) is 1. The summed E-state index contributed by atoms with van der Waals surface area (Å²) in [6.45, 7) is 3.98. The van der Waals surface area contributed by atoms with Gasteiger partial charge >= 0.3 is 0 Å². The van der Waals surface area contributed by atoms with Crippen LogP contribution in [-0.4, -0.2) is 47.0 Å². The molecule has 8 heteroatoms. The van der Waals surface area contributed by atoms with Gasteiger partial charge in [0.15, 0.2) is 23.1 Å². The largest absolute Gasteiger partial charge is 0.493 e. The van der Waals surface area contributed by atoms with Crippen LogP contribution >= 0.6 is 0 Å². The molecule has 8 nitrogen and oxygen atoms in total. The molecule has 3 heterocycles. The Balaban J connectivity index is 1.73. The van der Waals surface area contributed by atoms with E-state index in [0.29, 0.717) is 34.5 Å². The number of fused-ring (bicyclic) bond motifs is 2. The second-order valence-corrected chi connectivity index (χ2v) is 8.17. The van der Waals surface area contributed by atoms with Crippen LogP contribution in [-0.2, 0) is 0 Å². The molecule has 0 fully saturated rings. The van der Waals surface area contributed by atoms with Crippen molar-refractivity contribution in [2.75, 3.05) is 21.3 Å². The zero-order valence-electron chi connectivity index (χ0n) is 19.7. The highest BCUT2D eigenvalue weighted by Crippen LogP contribution is 2.41. The lowest BCUT2D eigenvalue weighted by Gasteiger charge is -2.15. The fourth-order valence-electron chi connectivity index (χ4n) is 4.10. The molecule has 0 aliphatic heterocycles. The molecule has 0 saturated heterocycles. The molecule has 0 atom stereocenters. The van der Waals surface area contributed by atoms with Gasteiger partial charge in [0, 0.05) is 29.0 Å². The molecular weight excluding hydrogens is 432 g/mol. The zero-order chi connectivity index (χ0) is 23.8. The van der Waals surface area contributed by atoms with E-state index in [4.69, 9.17) is 18.9 Å². The lowest BCUT2D eigenvalue weighted by Crippen LogP contribution is -2.07. The van der Waals surface area contributed by atoms with Gasteiger partial charge in [0.2, 0.25) is 11.4 Å². The maximum Gasteiger partial charge on any atom is 0.203 e. The van der Waals surface area contributed by atoms with Crippen LogP contribution in [0.2, 0.25) is 0 Å². The van der Waals surface area contributed by atoms with Gasteiger partial charge < -0.3 is 23.9 Å². The van der Waals surface area contributed by atoms with Gasteiger partial charge in [-0.3, -0.25) is 4.40 Å². The fraction of sp³-hybridized carbons (Fsp3) is 0.231. The van der Waals surface area contributed by atoms with E-state index in [0.717, 1.165) is 27.6 Å². The first kappa shape index (κ1) is 21.6. The van der Waals surface area contributed by atoms with Crippen molar-refractivity contribution in [3.63, 3.8) is 0 Å². The average molecular weight is 459 g/mol. The van der Waals surface area contributed by atoms with Gasteiger partial charge in [-0.2, -0.15) is 0 Å². The lowest BCUT2D eigenvalue weighted by atomic mass is 10.1. The van der Waals surface area contributed by atoms with Crippen LogP contribution in [0.4, 0.5) is 0 Å². The van der Waals surface area contributed by atoms with E-state index in [1.165, 1.54) is 0 Å². The number of aromatic nitrogens is 4. The minimum absolute atomic E-state index is 0.0208. The minimum Gasteiger partial charge on any atom is -0.493 e. The van der Waals surface area contributed by atoms with Gasteiger partial charge in [-0.05, 0) is 61.2 Å². The van der Waals surface area contributed by atoms with Gasteiger partial charge in [-0.15, -0.1) is 10.2 Å². The van der Waals surface area contributed by atoms with E-state index in [1.807, 2.05) is 48.8 Å².